The molecule has 1 aromatic heterocycles. The second-order valence-electron chi connectivity index (χ2n) is 9.85. The fourth-order valence-electron chi connectivity index (χ4n) is 5.04. The minimum absolute atomic E-state index is 0.000471. The zero-order chi connectivity index (χ0) is 25.2. The number of nitrogens with one attached hydrogen (secondary N) is 1. The second-order valence-corrected chi connectivity index (χ2v) is 11.5. The summed E-state index contributed by atoms with van der Waals surface area (Å²) < 4.78 is 0. The number of halogens is 2. The number of nitrogens with zero attached hydrogens (tertiary/aromatic N) is 2. The first kappa shape index (κ1) is 26.2. The summed E-state index contributed by atoms with van der Waals surface area (Å²) in [5.41, 5.74) is 1.01. The normalized spacial score (nSPS) is 23.8. The number of aromatic nitrogens is 1. The van der Waals surface area contributed by atoms with Crippen molar-refractivity contribution in [3.05, 3.63) is 50.8 Å². The van der Waals surface area contributed by atoms with E-state index in [0.29, 0.717) is 16.6 Å². The van der Waals surface area contributed by atoms with Crippen LogP contribution in [0.1, 0.15) is 64.3 Å². The lowest BCUT2D eigenvalue weighted by Gasteiger charge is -2.38. The number of thiazole rings is 1. The van der Waals surface area contributed by atoms with E-state index in [9.17, 15) is 9.59 Å². The monoisotopic (exact) mass is 533 g/mol. The van der Waals surface area contributed by atoms with E-state index in [4.69, 9.17) is 28.2 Å². The number of likely N-dealkylation sites (tertiary alicyclic amines) is 1. The van der Waals surface area contributed by atoms with E-state index in [1.807, 2.05) is 36.3 Å². The standard InChI is InChI=1S/C27H33Cl2N3O2S/c1-4-17(2)24(33)31-23(18-10-6-5-7-11-18)25(34)32-15-9-14-27(32,3)26-30-21(16-35-26)19-12-8-13-20(28)22(19)29/h5-6,8,12-13,16-18,23H,4,7,9-11,14-15H2,1-3H3,(H,31,33)/t17-,18?,23+,27?/m1/s1. The number of amides is 2. The molecule has 1 saturated heterocycles. The molecule has 1 aromatic carbocycles. The van der Waals surface area contributed by atoms with Gasteiger partial charge in [-0.3, -0.25) is 9.59 Å². The third-order valence-electron chi connectivity index (χ3n) is 7.50. The molecule has 4 rings (SSSR count). The molecule has 0 spiro atoms. The molecule has 35 heavy (non-hydrogen) atoms. The van der Waals surface area contributed by atoms with Gasteiger partial charge in [0, 0.05) is 23.4 Å². The maximum atomic E-state index is 14.1. The Balaban J connectivity index is 1.63. The minimum atomic E-state index is -0.533. The molecular weight excluding hydrogens is 501 g/mol. The molecule has 2 unspecified atom stereocenters. The van der Waals surface area contributed by atoms with E-state index in [1.54, 1.807) is 17.4 Å². The molecule has 0 bridgehead atoms. The number of benzene rings is 1. The quantitative estimate of drug-likeness (QED) is 0.396. The van der Waals surface area contributed by atoms with Gasteiger partial charge in [0.2, 0.25) is 11.8 Å². The largest absolute Gasteiger partial charge is 0.344 e. The van der Waals surface area contributed by atoms with E-state index in [1.165, 1.54) is 0 Å². The Morgan fingerprint density at radius 3 is 2.83 bits per heavy atom. The summed E-state index contributed by atoms with van der Waals surface area (Å²) >= 11 is 14.2. The number of carbonyl (C=O) groups excluding carboxylic acids is 2. The topological polar surface area (TPSA) is 62.3 Å². The lowest BCUT2D eigenvalue weighted by atomic mass is 9.85. The number of allylic oxidation sites excluding steroid dienone is 2. The number of hydrogen-bond donors (Lipinski definition) is 1. The first-order valence-electron chi connectivity index (χ1n) is 12.4. The van der Waals surface area contributed by atoms with Gasteiger partial charge in [0.1, 0.15) is 11.0 Å². The molecular formula is C27H33Cl2N3O2S. The first-order chi connectivity index (χ1) is 16.8. The summed E-state index contributed by atoms with van der Waals surface area (Å²) in [5, 5.41) is 6.96. The Hall–Kier alpha value is -1.89. The summed E-state index contributed by atoms with van der Waals surface area (Å²) in [6.45, 7) is 6.65. The van der Waals surface area contributed by atoms with Gasteiger partial charge in [-0.2, -0.15) is 0 Å². The van der Waals surface area contributed by atoms with Gasteiger partial charge in [-0.15, -0.1) is 11.3 Å². The highest BCUT2D eigenvalue weighted by atomic mass is 35.5. The van der Waals surface area contributed by atoms with E-state index in [-0.39, 0.29) is 23.7 Å². The van der Waals surface area contributed by atoms with Crippen LogP contribution in [0.4, 0.5) is 0 Å². The zero-order valence-electron chi connectivity index (χ0n) is 20.5. The van der Waals surface area contributed by atoms with Gasteiger partial charge < -0.3 is 10.2 Å². The van der Waals surface area contributed by atoms with Crippen molar-refractivity contribution < 1.29 is 9.59 Å². The molecule has 1 aliphatic heterocycles. The van der Waals surface area contributed by atoms with Gasteiger partial charge in [0.05, 0.1) is 21.3 Å². The average Bonchev–Trinajstić information content (AvgIpc) is 3.52. The van der Waals surface area contributed by atoms with Crippen molar-refractivity contribution in [2.45, 2.75) is 70.9 Å². The number of hydrogen-bond acceptors (Lipinski definition) is 4. The Bertz CT molecular complexity index is 1120. The van der Waals surface area contributed by atoms with Crippen LogP contribution in [0.5, 0.6) is 0 Å². The van der Waals surface area contributed by atoms with E-state index in [0.717, 1.165) is 54.8 Å². The summed E-state index contributed by atoms with van der Waals surface area (Å²) in [7, 11) is 0. The van der Waals surface area contributed by atoms with Gasteiger partial charge in [-0.05, 0) is 57.4 Å². The zero-order valence-corrected chi connectivity index (χ0v) is 22.8. The molecule has 2 amide bonds. The molecule has 2 heterocycles. The van der Waals surface area contributed by atoms with Crippen LogP contribution in [0, 0.1) is 11.8 Å². The molecule has 0 radical (unpaired) electrons. The summed E-state index contributed by atoms with van der Waals surface area (Å²) in [4.78, 5) is 33.8. The Morgan fingerprint density at radius 2 is 2.11 bits per heavy atom. The molecule has 0 saturated carbocycles. The van der Waals surface area contributed by atoms with Crippen molar-refractivity contribution in [3.63, 3.8) is 0 Å². The Labute approximate surface area is 221 Å². The molecule has 2 aliphatic rings. The molecule has 4 atom stereocenters. The van der Waals surface area contributed by atoms with Gasteiger partial charge in [-0.25, -0.2) is 4.98 Å². The highest BCUT2D eigenvalue weighted by molar-refractivity contribution is 7.10. The van der Waals surface area contributed by atoms with Crippen LogP contribution in [-0.2, 0) is 15.1 Å². The minimum Gasteiger partial charge on any atom is -0.344 e. The molecule has 5 nitrogen and oxygen atoms in total. The van der Waals surface area contributed by atoms with Crippen molar-refractivity contribution in [2.75, 3.05) is 6.54 Å². The fraction of sp³-hybridized carbons (Fsp3) is 0.519. The van der Waals surface area contributed by atoms with Crippen LogP contribution in [0.2, 0.25) is 10.0 Å². The number of carbonyl (C=O) groups is 2. The van der Waals surface area contributed by atoms with Crippen molar-refractivity contribution in [1.82, 2.24) is 15.2 Å². The highest BCUT2D eigenvalue weighted by Gasteiger charge is 2.46. The average molecular weight is 535 g/mol. The van der Waals surface area contributed by atoms with Crippen LogP contribution < -0.4 is 5.32 Å². The van der Waals surface area contributed by atoms with E-state index < -0.39 is 11.6 Å². The van der Waals surface area contributed by atoms with Crippen molar-refractivity contribution >= 4 is 46.4 Å². The van der Waals surface area contributed by atoms with Crippen molar-refractivity contribution in [1.29, 1.82) is 0 Å². The van der Waals surface area contributed by atoms with Gasteiger partial charge in [-0.1, -0.05) is 61.3 Å². The molecule has 2 aromatic rings. The Kier molecular flexibility index (Phi) is 8.24. The maximum absolute atomic E-state index is 14.1. The van der Waals surface area contributed by atoms with Crippen molar-refractivity contribution in [3.8, 4) is 11.3 Å². The third-order valence-corrected chi connectivity index (χ3v) is 9.42. The smallest absolute Gasteiger partial charge is 0.246 e. The lowest BCUT2D eigenvalue weighted by Crippen LogP contribution is -2.56. The Morgan fingerprint density at radius 1 is 1.31 bits per heavy atom. The number of rotatable bonds is 7. The predicted molar refractivity (Wildman–Crippen MR) is 144 cm³/mol. The van der Waals surface area contributed by atoms with Crippen LogP contribution in [0.3, 0.4) is 0 Å². The molecule has 1 N–H and O–H groups in total. The van der Waals surface area contributed by atoms with Gasteiger partial charge in [0.25, 0.3) is 0 Å². The van der Waals surface area contributed by atoms with Crippen LogP contribution in [0.15, 0.2) is 35.7 Å². The highest BCUT2D eigenvalue weighted by Crippen LogP contribution is 2.43. The van der Waals surface area contributed by atoms with Crippen LogP contribution in [0.25, 0.3) is 11.3 Å². The molecule has 1 fully saturated rings. The van der Waals surface area contributed by atoms with E-state index in [2.05, 4.69) is 24.4 Å². The summed E-state index contributed by atoms with van der Waals surface area (Å²) in [6, 6.07) is 5.00. The van der Waals surface area contributed by atoms with Crippen molar-refractivity contribution in [2.24, 2.45) is 11.8 Å². The predicted octanol–water partition coefficient (Wildman–Crippen LogP) is 6.84. The second kappa shape index (κ2) is 11.0. The fourth-order valence-corrected chi connectivity index (χ4v) is 6.45. The first-order valence-corrected chi connectivity index (χ1v) is 14.1. The summed E-state index contributed by atoms with van der Waals surface area (Å²) in [6.07, 6.45) is 9.38. The SMILES string of the molecule is CC[C@@H](C)C(=O)N[C@H](C(=O)N1CCCC1(C)c1nc(-c2cccc(Cl)c2Cl)cs1)C1CC=CCC1. The van der Waals surface area contributed by atoms with Gasteiger partial charge >= 0.3 is 0 Å². The molecule has 188 valence electrons. The molecule has 1 aliphatic carbocycles. The van der Waals surface area contributed by atoms with Crippen LogP contribution >= 0.6 is 34.5 Å². The third kappa shape index (κ3) is 5.30. The van der Waals surface area contributed by atoms with Gasteiger partial charge in [0.15, 0.2) is 0 Å². The van der Waals surface area contributed by atoms with Crippen LogP contribution in [-0.4, -0.2) is 34.3 Å². The maximum Gasteiger partial charge on any atom is 0.246 e. The lowest BCUT2D eigenvalue weighted by molar-refractivity contribution is -0.142. The van der Waals surface area contributed by atoms with E-state index >= 15 is 0 Å². The summed E-state index contributed by atoms with van der Waals surface area (Å²) in [5.74, 6) is -0.0752. The molecule has 8 heteroatoms.